The Bertz CT molecular complexity index is 4680. The molecule has 0 radical (unpaired) electrons. The number of nitro groups is 2. The second-order valence-corrected chi connectivity index (χ2v) is 23.8. The van der Waals surface area contributed by atoms with E-state index in [4.69, 9.17) is 4.74 Å². The lowest BCUT2D eigenvalue weighted by Crippen LogP contribution is -2.33. The lowest BCUT2D eigenvalue weighted by Gasteiger charge is -2.13. The average molecular weight is 1300 g/mol. The highest BCUT2D eigenvalue weighted by molar-refractivity contribution is 7.93. The van der Waals surface area contributed by atoms with Crippen molar-refractivity contribution in [3.63, 3.8) is 0 Å². The van der Waals surface area contributed by atoms with Crippen molar-refractivity contribution in [2.45, 2.75) is 68.1 Å². The molecule has 0 atom stereocenters. The first-order valence-electron chi connectivity index (χ1n) is 28.4. The Labute approximate surface area is 529 Å². The van der Waals surface area contributed by atoms with Crippen LogP contribution in [-0.4, -0.2) is 83.1 Å². The molecular formula is C61H55N17O13S2. The first-order chi connectivity index (χ1) is 44.7. The van der Waals surface area contributed by atoms with E-state index in [0.717, 1.165) is 59.6 Å². The third-order valence-corrected chi connectivity index (χ3v) is 16.8. The van der Waals surface area contributed by atoms with Gasteiger partial charge < -0.3 is 15.4 Å². The zero-order valence-corrected chi connectivity index (χ0v) is 50.7. The van der Waals surface area contributed by atoms with Crippen LogP contribution in [0, 0.1) is 42.9 Å². The fourth-order valence-electron chi connectivity index (χ4n) is 9.27. The number of ether oxygens (including phenoxy) is 1. The number of aromatic nitrogens is 4. The number of nitro benzene ring substituents is 2. The smallest absolute Gasteiger partial charge is 0.361 e. The van der Waals surface area contributed by atoms with Crippen molar-refractivity contribution in [1.82, 2.24) is 30.4 Å². The molecule has 9 aromatic rings. The molecule has 0 aliphatic carbocycles. The van der Waals surface area contributed by atoms with E-state index >= 15 is 0 Å². The van der Waals surface area contributed by atoms with E-state index in [1.54, 1.807) is 0 Å². The molecule has 0 bridgehead atoms. The topological polar surface area (TPSA) is 424 Å². The Morgan fingerprint density at radius 2 is 0.978 bits per heavy atom. The largest absolute Gasteiger partial charge is 0.445 e. The van der Waals surface area contributed by atoms with E-state index in [2.05, 4.69) is 63.9 Å². The van der Waals surface area contributed by atoms with Crippen LogP contribution < -0.4 is 46.5 Å². The van der Waals surface area contributed by atoms with Gasteiger partial charge in [0, 0.05) is 47.0 Å². The summed E-state index contributed by atoms with van der Waals surface area (Å²) in [7, 11) is -8.40. The normalized spacial score (nSPS) is 11.3. The Hall–Kier alpha value is -12.3. The number of carbonyl (C=O) groups is 4. The number of hydrogen-bond acceptors (Lipinski definition) is 20. The second-order valence-electron chi connectivity index (χ2n) is 20.5. The molecular weight excluding hydrogens is 1240 g/mol. The van der Waals surface area contributed by atoms with Gasteiger partial charge in [0.2, 0.25) is 0 Å². The first kappa shape index (κ1) is 65.2. The fourth-order valence-corrected chi connectivity index (χ4v) is 11.4. The van der Waals surface area contributed by atoms with Gasteiger partial charge in [-0.25, -0.2) is 37.3 Å². The number of amides is 4. The molecule has 0 spiro atoms. The highest BCUT2D eigenvalue weighted by atomic mass is 32.2. The van der Waals surface area contributed by atoms with E-state index in [0.29, 0.717) is 17.9 Å². The van der Waals surface area contributed by atoms with Crippen LogP contribution in [0.25, 0.3) is 21.8 Å². The van der Waals surface area contributed by atoms with Gasteiger partial charge in [0.15, 0.2) is 6.40 Å². The number of hydrazine groups is 2. The SMILES string of the molecule is CCCCCCCCCCN=COc1ccc(C(=O)Nc2ccc(S(=O)(=O)Nc3ccc(NNC(=O)n4ncc5c([N+](=O)[O-])cc(C#N)cc54)cc3)cc2)cc1C(=O)Nc1ccc(S(=O)(=O)Nc2ccc(NNC(=O)n3ncc4c([N+](=O)[O-])cc(C#N)cc43)cc2)cc1. The summed E-state index contributed by atoms with van der Waals surface area (Å²) in [6.45, 7) is 2.65. The van der Waals surface area contributed by atoms with E-state index in [-0.39, 0.29) is 82.3 Å². The summed E-state index contributed by atoms with van der Waals surface area (Å²) < 4.78 is 66.3. The van der Waals surface area contributed by atoms with Crippen molar-refractivity contribution in [2.75, 3.05) is 37.5 Å². The highest BCUT2D eigenvalue weighted by Gasteiger charge is 2.24. The van der Waals surface area contributed by atoms with Crippen molar-refractivity contribution >= 4 is 118 Å². The zero-order chi connectivity index (χ0) is 66.2. The molecule has 0 unspecified atom stereocenters. The van der Waals surface area contributed by atoms with Gasteiger partial charge in [-0.15, -0.1) is 0 Å². The Morgan fingerprint density at radius 3 is 1.42 bits per heavy atom. The van der Waals surface area contributed by atoms with Gasteiger partial charge in [0.05, 0.1) is 94.0 Å². The summed E-state index contributed by atoms with van der Waals surface area (Å²) in [4.78, 5) is 79.5. The zero-order valence-electron chi connectivity index (χ0n) is 49.0. The lowest BCUT2D eigenvalue weighted by molar-refractivity contribution is -0.383. The van der Waals surface area contributed by atoms with Gasteiger partial charge in [0.25, 0.3) is 43.2 Å². The number of sulfonamides is 2. The van der Waals surface area contributed by atoms with Crippen molar-refractivity contribution in [3.8, 4) is 17.9 Å². The molecule has 0 aliphatic heterocycles. The third-order valence-electron chi connectivity index (χ3n) is 14.0. The van der Waals surface area contributed by atoms with Crippen LogP contribution in [0.4, 0.5) is 55.1 Å². The molecule has 0 aliphatic rings. The molecule has 0 saturated heterocycles. The molecule has 93 heavy (non-hydrogen) atoms. The van der Waals surface area contributed by atoms with E-state index < -0.39 is 65.1 Å². The molecule has 8 N–H and O–H groups in total. The molecule has 4 amide bonds. The second kappa shape index (κ2) is 29.4. The number of nitrogens with one attached hydrogen (secondary N) is 8. The van der Waals surface area contributed by atoms with Crippen LogP contribution in [0.2, 0.25) is 0 Å². The molecule has 9 rings (SSSR count). The first-order valence-corrected chi connectivity index (χ1v) is 31.3. The van der Waals surface area contributed by atoms with Gasteiger partial charge >= 0.3 is 12.1 Å². The van der Waals surface area contributed by atoms with Crippen molar-refractivity contribution in [2.24, 2.45) is 4.99 Å². The molecule has 0 fully saturated rings. The molecule has 2 heterocycles. The van der Waals surface area contributed by atoms with Crippen LogP contribution >= 0.6 is 0 Å². The number of non-ortho nitro benzene ring substituents is 2. The van der Waals surface area contributed by atoms with E-state index in [1.165, 1.54) is 159 Å². The average Bonchev–Trinajstić information content (AvgIpc) is 1.70. The summed E-state index contributed by atoms with van der Waals surface area (Å²) in [5.41, 5.74) is 10.4. The summed E-state index contributed by atoms with van der Waals surface area (Å²) in [5, 5.41) is 55.1. The summed E-state index contributed by atoms with van der Waals surface area (Å²) in [6.07, 6.45) is 12.3. The Balaban J connectivity index is 0.808. The van der Waals surface area contributed by atoms with Crippen molar-refractivity contribution < 1.29 is 50.6 Å². The molecule has 474 valence electrons. The number of benzene rings is 7. The number of rotatable bonds is 27. The Morgan fingerprint density at radius 1 is 0.559 bits per heavy atom. The fraction of sp³-hybridized carbons (Fsp3) is 0.164. The van der Waals surface area contributed by atoms with Crippen LogP contribution in [0.1, 0.15) is 90.1 Å². The van der Waals surface area contributed by atoms with Crippen LogP contribution in [0.5, 0.6) is 5.75 Å². The maximum absolute atomic E-state index is 14.1. The van der Waals surface area contributed by atoms with E-state index in [1.807, 2.05) is 12.1 Å². The number of unbranched alkanes of at least 4 members (excludes halogenated alkanes) is 7. The van der Waals surface area contributed by atoms with Crippen LogP contribution in [-0.2, 0) is 20.0 Å². The number of nitriles is 2. The highest BCUT2D eigenvalue weighted by Crippen LogP contribution is 2.30. The van der Waals surface area contributed by atoms with Gasteiger partial charge in [-0.1, -0.05) is 51.9 Å². The van der Waals surface area contributed by atoms with Crippen molar-refractivity contribution in [3.05, 3.63) is 194 Å². The van der Waals surface area contributed by atoms with Gasteiger partial charge in [-0.2, -0.15) is 30.1 Å². The number of carbonyl (C=O) groups excluding carboxylic acids is 4. The van der Waals surface area contributed by atoms with Crippen LogP contribution in [0.3, 0.4) is 0 Å². The number of hydrogen-bond donors (Lipinski definition) is 8. The monoisotopic (exact) mass is 1300 g/mol. The lowest BCUT2D eigenvalue weighted by atomic mass is 10.1. The minimum Gasteiger partial charge on any atom is -0.445 e. The minimum absolute atomic E-state index is 0.00428. The number of nitrogens with zero attached hydrogens (tertiary/aromatic N) is 9. The van der Waals surface area contributed by atoms with Crippen molar-refractivity contribution in [1.29, 1.82) is 10.5 Å². The standard InChI is InChI=1S/C61H55N17O13S2/c1-2-3-4-5-6-7-8-9-28-64-38-91-57-27-10-41(58(79)67-42-19-23-48(24-20-42)92(87,88)73-46-15-11-44(12-16-46)69-71-60(81)75-53-29-39(34-62)31-55(77(83)84)51(53)36-65-75)33-50(57)59(80)68-43-21-25-49(26-22-43)93(89,90)74-47-17-13-45(14-18-47)70-72-61(82)76-54-30-40(35-63)32-56(78(85)86)52(54)37-66-76/h10-27,29-33,36-38,69-70,73-74H,2-9,28H2,1H3,(H,67,79)(H,68,80)(H,71,81)(H,72,82). The molecule has 32 heteroatoms. The molecule has 7 aromatic carbocycles. The molecule has 0 saturated carbocycles. The maximum atomic E-state index is 14.1. The van der Waals surface area contributed by atoms with Crippen LogP contribution in [0.15, 0.2) is 167 Å². The molecule has 2 aromatic heterocycles. The quantitative estimate of drug-likeness (QED) is 0.00779. The third kappa shape index (κ3) is 16.3. The molecule has 30 nitrogen and oxygen atoms in total. The minimum atomic E-state index is -4.21. The van der Waals surface area contributed by atoms with Gasteiger partial charge in [-0.3, -0.25) is 55.1 Å². The number of fused-ring (bicyclic) bond motifs is 2. The Kier molecular flexibility index (Phi) is 20.6. The predicted octanol–water partition coefficient (Wildman–Crippen LogP) is 10.8. The van der Waals surface area contributed by atoms with Gasteiger partial charge in [-0.05, 0) is 134 Å². The summed E-state index contributed by atoms with van der Waals surface area (Å²) in [6, 6.07) is 32.6. The van der Waals surface area contributed by atoms with E-state index in [9.17, 15) is 66.8 Å². The number of aliphatic imine (C=N–C) groups is 1. The summed E-state index contributed by atoms with van der Waals surface area (Å²) >= 11 is 0. The number of anilines is 6. The van der Waals surface area contributed by atoms with Gasteiger partial charge in [0.1, 0.15) is 5.75 Å². The predicted molar refractivity (Wildman–Crippen MR) is 344 cm³/mol. The summed E-state index contributed by atoms with van der Waals surface area (Å²) in [5.74, 6) is -1.38. The maximum Gasteiger partial charge on any atom is 0.361 e.